The van der Waals surface area contributed by atoms with Gasteiger partial charge >= 0.3 is 0 Å². The lowest BCUT2D eigenvalue weighted by Crippen LogP contribution is -2.12. The minimum atomic E-state index is 0.231. The molecule has 0 saturated carbocycles. The number of nitrogens with zero attached hydrogens (tertiary/aromatic N) is 1. The lowest BCUT2D eigenvalue weighted by molar-refractivity contribution is 0.273. The molecule has 2 heteroatoms. The Hall–Kier alpha value is -1.02. The molecule has 2 nitrogen and oxygen atoms in total. The van der Waals surface area contributed by atoms with Gasteiger partial charge in [-0.2, -0.15) is 0 Å². The average Bonchev–Trinajstić information content (AvgIpc) is 2.59. The van der Waals surface area contributed by atoms with Crippen LogP contribution in [0.4, 0.5) is 5.69 Å². The van der Waals surface area contributed by atoms with Crippen molar-refractivity contribution in [2.45, 2.75) is 19.3 Å². The summed E-state index contributed by atoms with van der Waals surface area (Å²) in [5.41, 5.74) is 4.02. The molecule has 1 aromatic carbocycles. The van der Waals surface area contributed by atoms with Crippen LogP contribution in [0, 0.1) is 0 Å². The monoisotopic (exact) mass is 191 g/mol. The molecule has 0 bridgehead atoms. The minimum Gasteiger partial charge on any atom is -0.396 e. The van der Waals surface area contributed by atoms with E-state index in [0.29, 0.717) is 0 Å². The van der Waals surface area contributed by atoms with Crippen LogP contribution < -0.4 is 4.90 Å². The predicted octanol–water partition coefficient (Wildman–Crippen LogP) is 1.77. The average molecular weight is 191 g/mol. The zero-order valence-corrected chi connectivity index (χ0v) is 8.83. The fraction of sp³-hybridized carbons (Fsp3) is 0.500. The molecule has 1 N–H and O–H groups in total. The van der Waals surface area contributed by atoms with Crippen LogP contribution in [-0.4, -0.2) is 25.3 Å². The fourth-order valence-corrected chi connectivity index (χ4v) is 2.00. The van der Waals surface area contributed by atoms with Crippen molar-refractivity contribution in [2.75, 3.05) is 25.1 Å². The molecule has 1 unspecified atom stereocenters. The number of hydrogen-bond acceptors (Lipinski definition) is 2. The summed E-state index contributed by atoms with van der Waals surface area (Å²) in [6.45, 7) is 3.40. The van der Waals surface area contributed by atoms with Crippen LogP contribution in [0.3, 0.4) is 0 Å². The second kappa shape index (κ2) is 3.62. The molecular weight excluding hydrogens is 174 g/mol. The topological polar surface area (TPSA) is 23.5 Å². The highest BCUT2D eigenvalue weighted by atomic mass is 16.3. The molecule has 0 fully saturated rings. The molecule has 1 aliphatic heterocycles. The molecule has 1 aromatic rings. The smallest absolute Gasteiger partial charge is 0.0497 e. The first kappa shape index (κ1) is 9.53. The second-order valence-corrected chi connectivity index (χ2v) is 4.14. The van der Waals surface area contributed by atoms with Gasteiger partial charge in [-0.25, -0.2) is 0 Å². The van der Waals surface area contributed by atoms with Gasteiger partial charge in [0.15, 0.2) is 0 Å². The Morgan fingerprint density at radius 3 is 3.00 bits per heavy atom. The van der Waals surface area contributed by atoms with Crippen LogP contribution in [0.1, 0.15) is 24.0 Å². The van der Waals surface area contributed by atoms with Gasteiger partial charge in [0.05, 0.1) is 0 Å². The molecule has 2 rings (SSSR count). The number of hydrogen-bond donors (Lipinski definition) is 1. The molecule has 0 amide bonds. The predicted molar refractivity (Wildman–Crippen MR) is 58.9 cm³/mol. The van der Waals surface area contributed by atoms with Gasteiger partial charge in [-0.3, -0.25) is 0 Å². The lowest BCUT2D eigenvalue weighted by atomic mass is 9.99. The van der Waals surface area contributed by atoms with Crippen molar-refractivity contribution in [1.29, 1.82) is 0 Å². The number of aliphatic hydroxyl groups excluding tert-OH is 1. The molecule has 76 valence electrons. The Morgan fingerprint density at radius 1 is 1.50 bits per heavy atom. The third-order valence-electron chi connectivity index (χ3n) is 3.07. The normalized spacial score (nSPS) is 16.9. The van der Waals surface area contributed by atoms with E-state index in [0.717, 1.165) is 13.0 Å². The Labute approximate surface area is 85.2 Å². The fourth-order valence-electron chi connectivity index (χ4n) is 2.00. The number of fused-ring (bicyclic) bond motifs is 1. The standard InChI is InChI=1S/C12H17NO/c1-9(8-14)10-3-4-12-11(7-10)5-6-13(12)2/h3-4,7,9,14H,5-6,8H2,1-2H3. The maximum absolute atomic E-state index is 9.08. The van der Waals surface area contributed by atoms with Gasteiger partial charge in [-0.05, 0) is 23.6 Å². The van der Waals surface area contributed by atoms with Crippen LogP contribution in [-0.2, 0) is 6.42 Å². The van der Waals surface area contributed by atoms with Crippen molar-refractivity contribution in [1.82, 2.24) is 0 Å². The summed E-state index contributed by atoms with van der Waals surface area (Å²) < 4.78 is 0. The highest BCUT2D eigenvalue weighted by molar-refractivity contribution is 5.58. The molecule has 0 spiro atoms. The van der Waals surface area contributed by atoms with Gasteiger partial charge in [0, 0.05) is 31.8 Å². The third-order valence-corrected chi connectivity index (χ3v) is 3.07. The Kier molecular flexibility index (Phi) is 2.46. The van der Waals surface area contributed by atoms with Crippen LogP contribution in [0.15, 0.2) is 18.2 Å². The molecule has 1 aliphatic rings. The highest BCUT2D eigenvalue weighted by Crippen LogP contribution is 2.29. The van der Waals surface area contributed by atoms with Crippen LogP contribution >= 0.6 is 0 Å². The summed E-state index contributed by atoms with van der Waals surface area (Å²) in [5.74, 6) is 0.256. The quantitative estimate of drug-likeness (QED) is 0.770. The van der Waals surface area contributed by atoms with Gasteiger partial charge in [-0.15, -0.1) is 0 Å². The van der Waals surface area contributed by atoms with Crippen molar-refractivity contribution in [3.8, 4) is 0 Å². The van der Waals surface area contributed by atoms with Crippen molar-refractivity contribution in [3.63, 3.8) is 0 Å². The van der Waals surface area contributed by atoms with E-state index in [1.54, 1.807) is 0 Å². The van der Waals surface area contributed by atoms with Crippen molar-refractivity contribution in [2.24, 2.45) is 0 Å². The Morgan fingerprint density at radius 2 is 2.29 bits per heavy atom. The number of likely N-dealkylation sites (N-methyl/N-ethyl adjacent to an activating group) is 1. The first-order valence-corrected chi connectivity index (χ1v) is 5.17. The van der Waals surface area contributed by atoms with Gasteiger partial charge < -0.3 is 10.0 Å². The molecule has 0 aromatic heterocycles. The third kappa shape index (κ3) is 1.50. The molecule has 14 heavy (non-hydrogen) atoms. The summed E-state index contributed by atoms with van der Waals surface area (Å²) >= 11 is 0. The van der Waals surface area contributed by atoms with Gasteiger partial charge in [0.1, 0.15) is 0 Å². The van der Waals surface area contributed by atoms with E-state index in [2.05, 4.69) is 37.1 Å². The number of aliphatic hydroxyl groups is 1. The Balaban J connectivity index is 2.32. The molecule has 1 heterocycles. The summed E-state index contributed by atoms with van der Waals surface area (Å²) in [5, 5.41) is 9.08. The second-order valence-electron chi connectivity index (χ2n) is 4.14. The van der Waals surface area contributed by atoms with Crippen LogP contribution in [0.5, 0.6) is 0 Å². The van der Waals surface area contributed by atoms with Crippen LogP contribution in [0.2, 0.25) is 0 Å². The number of benzene rings is 1. The number of anilines is 1. The zero-order chi connectivity index (χ0) is 10.1. The molecule has 0 radical (unpaired) electrons. The van der Waals surface area contributed by atoms with Crippen molar-refractivity contribution in [3.05, 3.63) is 29.3 Å². The van der Waals surface area contributed by atoms with E-state index >= 15 is 0 Å². The first-order valence-electron chi connectivity index (χ1n) is 5.17. The molecular formula is C12H17NO. The van der Waals surface area contributed by atoms with Gasteiger partial charge in [0.25, 0.3) is 0 Å². The molecule has 0 saturated heterocycles. The van der Waals surface area contributed by atoms with E-state index in [1.807, 2.05) is 0 Å². The van der Waals surface area contributed by atoms with Crippen molar-refractivity contribution >= 4 is 5.69 Å². The van der Waals surface area contributed by atoms with Gasteiger partial charge in [-0.1, -0.05) is 19.1 Å². The lowest BCUT2D eigenvalue weighted by Gasteiger charge is -2.14. The van der Waals surface area contributed by atoms with E-state index in [9.17, 15) is 0 Å². The van der Waals surface area contributed by atoms with Crippen molar-refractivity contribution < 1.29 is 5.11 Å². The van der Waals surface area contributed by atoms with E-state index in [4.69, 9.17) is 5.11 Å². The summed E-state index contributed by atoms with van der Waals surface area (Å²) in [6.07, 6.45) is 1.14. The van der Waals surface area contributed by atoms with E-state index < -0.39 is 0 Å². The maximum Gasteiger partial charge on any atom is 0.0497 e. The first-order chi connectivity index (χ1) is 6.72. The summed E-state index contributed by atoms with van der Waals surface area (Å²) in [7, 11) is 2.13. The highest BCUT2D eigenvalue weighted by Gasteiger charge is 2.16. The zero-order valence-electron chi connectivity index (χ0n) is 8.83. The minimum absolute atomic E-state index is 0.231. The largest absolute Gasteiger partial charge is 0.396 e. The summed E-state index contributed by atoms with van der Waals surface area (Å²) in [6, 6.07) is 6.53. The van der Waals surface area contributed by atoms with Gasteiger partial charge in [0.2, 0.25) is 0 Å². The SMILES string of the molecule is CC(CO)c1ccc2c(c1)CCN2C. The maximum atomic E-state index is 9.08. The Bertz CT molecular complexity index is 335. The molecule has 1 atom stereocenters. The van der Waals surface area contributed by atoms with Crippen LogP contribution in [0.25, 0.3) is 0 Å². The summed E-state index contributed by atoms with van der Waals surface area (Å²) in [4.78, 5) is 2.28. The van der Waals surface area contributed by atoms with E-state index in [1.165, 1.54) is 16.8 Å². The van der Waals surface area contributed by atoms with E-state index in [-0.39, 0.29) is 12.5 Å². The molecule has 0 aliphatic carbocycles. The number of rotatable bonds is 2.